The van der Waals surface area contributed by atoms with Gasteiger partial charge >= 0.3 is 0 Å². The molecule has 19 heavy (non-hydrogen) atoms. The van der Waals surface area contributed by atoms with Gasteiger partial charge in [0.1, 0.15) is 11.9 Å². The number of benzene rings is 1. The summed E-state index contributed by atoms with van der Waals surface area (Å²) in [5, 5.41) is 12.5. The lowest BCUT2D eigenvalue weighted by atomic mass is 10.1. The highest BCUT2D eigenvalue weighted by Gasteiger charge is 2.16. The molecule has 3 nitrogen and oxygen atoms in total. The van der Waals surface area contributed by atoms with Crippen LogP contribution < -0.4 is 5.32 Å². The molecule has 1 heterocycles. The van der Waals surface area contributed by atoms with E-state index in [-0.39, 0.29) is 0 Å². The smallest absolute Gasteiger partial charge is 0.148 e. The molecule has 0 saturated heterocycles. The monoisotopic (exact) mass is 361 g/mol. The van der Waals surface area contributed by atoms with Crippen molar-refractivity contribution in [3.63, 3.8) is 0 Å². The van der Waals surface area contributed by atoms with Crippen molar-refractivity contribution < 1.29 is 0 Å². The van der Waals surface area contributed by atoms with E-state index in [0.717, 1.165) is 34.2 Å². The van der Waals surface area contributed by atoms with Crippen LogP contribution in [-0.4, -0.2) is 4.98 Å². The van der Waals surface area contributed by atoms with Gasteiger partial charge in [-0.1, -0.05) is 12.1 Å². The van der Waals surface area contributed by atoms with Crippen LogP contribution >= 0.6 is 22.6 Å². The van der Waals surface area contributed by atoms with Crippen molar-refractivity contribution in [2.75, 3.05) is 5.32 Å². The normalized spacial score (nSPS) is 12.8. The number of aromatic nitrogens is 1. The highest BCUT2D eigenvalue weighted by molar-refractivity contribution is 14.1. The standard InChI is InChI=1S/C15H12IN3/c16-12-5-1-2-6-14(12)19-15-11(9-17)8-10-4-3-7-13(10)18-15/h1-2,5-6,8H,3-4,7H2,(H,18,19). The summed E-state index contributed by atoms with van der Waals surface area (Å²) in [5.41, 5.74) is 3.97. The minimum absolute atomic E-state index is 0.625. The van der Waals surface area contributed by atoms with Gasteiger partial charge in [-0.2, -0.15) is 5.26 Å². The first-order chi connectivity index (χ1) is 9.28. The highest BCUT2D eigenvalue weighted by atomic mass is 127. The third kappa shape index (κ3) is 2.43. The molecule has 2 aromatic rings. The van der Waals surface area contributed by atoms with Gasteiger partial charge in [0.05, 0.1) is 11.3 Å². The van der Waals surface area contributed by atoms with Crippen LogP contribution in [0.15, 0.2) is 30.3 Å². The van der Waals surface area contributed by atoms with Crippen molar-refractivity contribution in [1.82, 2.24) is 4.98 Å². The molecule has 0 aliphatic heterocycles. The average Bonchev–Trinajstić information content (AvgIpc) is 2.87. The lowest BCUT2D eigenvalue weighted by molar-refractivity contribution is 0.900. The minimum Gasteiger partial charge on any atom is -0.338 e. The molecule has 3 rings (SSSR count). The lowest BCUT2D eigenvalue weighted by Crippen LogP contribution is -2.01. The van der Waals surface area contributed by atoms with E-state index in [4.69, 9.17) is 0 Å². The van der Waals surface area contributed by atoms with Gasteiger partial charge in [0, 0.05) is 9.26 Å². The fourth-order valence-corrected chi connectivity index (χ4v) is 2.86. The van der Waals surface area contributed by atoms with Crippen LogP contribution in [0.1, 0.15) is 23.2 Å². The van der Waals surface area contributed by atoms with Gasteiger partial charge in [0.25, 0.3) is 0 Å². The maximum absolute atomic E-state index is 9.27. The summed E-state index contributed by atoms with van der Waals surface area (Å²) < 4.78 is 1.12. The number of nitriles is 1. The molecule has 0 unspecified atom stereocenters. The number of nitrogens with one attached hydrogen (secondary N) is 1. The molecule has 0 bridgehead atoms. The summed E-state index contributed by atoms with van der Waals surface area (Å²) in [6.07, 6.45) is 3.20. The summed E-state index contributed by atoms with van der Waals surface area (Å²) in [7, 11) is 0. The quantitative estimate of drug-likeness (QED) is 0.828. The first-order valence-corrected chi connectivity index (χ1v) is 7.30. The van der Waals surface area contributed by atoms with Gasteiger partial charge in [-0.15, -0.1) is 0 Å². The van der Waals surface area contributed by atoms with E-state index in [2.05, 4.69) is 39.0 Å². The van der Waals surface area contributed by atoms with Crippen molar-refractivity contribution in [3.05, 3.63) is 50.7 Å². The summed E-state index contributed by atoms with van der Waals surface area (Å²) in [5.74, 6) is 0.673. The molecule has 94 valence electrons. The van der Waals surface area contributed by atoms with Gasteiger partial charge in [-0.25, -0.2) is 4.98 Å². The molecule has 0 atom stereocenters. The molecule has 1 aliphatic carbocycles. The molecular formula is C15H12IN3. The number of para-hydroxylation sites is 1. The van der Waals surface area contributed by atoms with Crippen LogP contribution in [0.5, 0.6) is 0 Å². The molecule has 0 radical (unpaired) electrons. The molecule has 0 saturated carbocycles. The first-order valence-electron chi connectivity index (χ1n) is 6.22. The zero-order valence-corrected chi connectivity index (χ0v) is 12.4. The average molecular weight is 361 g/mol. The van der Waals surface area contributed by atoms with Crippen molar-refractivity contribution in [2.45, 2.75) is 19.3 Å². The zero-order valence-electron chi connectivity index (χ0n) is 10.3. The molecule has 1 N–H and O–H groups in total. The number of hydrogen-bond acceptors (Lipinski definition) is 3. The largest absolute Gasteiger partial charge is 0.338 e. The molecule has 0 amide bonds. The Morgan fingerprint density at radius 1 is 1.26 bits per heavy atom. The molecule has 1 aliphatic rings. The van der Waals surface area contributed by atoms with E-state index in [0.29, 0.717) is 11.4 Å². The number of rotatable bonds is 2. The van der Waals surface area contributed by atoms with Crippen LogP contribution in [-0.2, 0) is 12.8 Å². The fourth-order valence-electron chi connectivity index (χ4n) is 2.34. The second kappa shape index (κ2) is 5.17. The van der Waals surface area contributed by atoms with Crippen molar-refractivity contribution >= 4 is 34.1 Å². The van der Waals surface area contributed by atoms with Crippen LogP contribution in [0.3, 0.4) is 0 Å². The number of nitrogens with zero attached hydrogens (tertiary/aromatic N) is 2. The number of hydrogen-bond donors (Lipinski definition) is 1. The summed E-state index contributed by atoms with van der Waals surface area (Å²) >= 11 is 2.27. The van der Waals surface area contributed by atoms with Crippen molar-refractivity contribution in [2.24, 2.45) is 0 Å². The van der Waals surface area contributed by atoms with E-state index in [1.54, 1.807) is 0 Å². The number of pyridine rings is 1. The highest BCUT2D eigenvalue weighted by Crippen LogP contribution is 2.28. The van der Waals surface area contributed by atoms with Gasteiger partial charge in [0.15, 0.2) is 0 Å². The molecule has 4 heteroatoms. The topological polar surface area (TPSA) is 48.7 Å². The van der Waals surface area contributed by atoms with Crippen molar-refractivity contribution in [3.8, 4) is 6.07 Å². The molecule has 1 aromatic carbocycles. The Labute approximate surface area is 125 Å². The second-order valence-corrected chi connectivity index (χ2v) is 5.72. The van der Waals surface area contributed by atoms with Gasteiger partial charge in [0.2, 0.25) is 0 Å². The number of halogens is 1. The van der Waals surface area contributed by atoms with Crippen LogP contribution in [0.25, 0.3) is 0 Å². The number of anilines is 2. The van der Waals surface area contributed by atoms with Gasteiger partial charge in [-0.3, -0.25) is 0 Å². The van der Waals surface area contributed by atoms with Crippen LogP contribution in [0, 0.1) is 14.9 Å². The molecular weight excluding hydrogens is 349 g/mol. The third-order valence-corrected chi connectivity index (χ3v) is 4.24. The third-order valence-electron chi connectivity index (χ3n) is 3.30. The van der Waals surface area contributed by atoms with E-state index in [9.17, 15) is 5.26 Å². The number of fused-ring (bicyclic) bond motifs is 1. The first kappa shape index (κ1) is 12.4. The molecule has 0 spiro atoms. The van der Waals surface area contributed by atoms with Gasteiger partial charge < -0.3 is 5.32 Å². The van der Waals surface area contributed by atoms with E-state index in [1.165, 1.54) is 5.56 Å². The van der Waals surface area contributed by atoms with Crippen LogP contribution in [0.2, 0.25) is 0 Å². The van der Waals surface area contributed by atoms with E-state index < -0.39 is 0 Å². The Morgan fingerprint density at radius 3 is 2.89 bits per heavy atom. The predicted octanol–water partition coefficient (Wildman–Crippen LogP) is 3.79. The predicted molar refractivity (Wildman–Crippen MR) is 83.4 cm³/mol. The summed E-state index contributed by atoms with van der Waals surface area (Å²) in [4.78, 5) is 4.62. The van der Waals surface area contributed by atoms with Gasteiger partial charge in [-0.05, 0) is 65.6 Å². The van der Waals surface area contributed by atoms with E-state index >= 15 is 0 Å². The Balaban J connectivity index is 2.02. The second-order valence-electron chi connectivity index (χ2n) is 4.56. The summed E-state index contributed by atoms with van der Waals surface area (Å²) in [6, 6.07) is 12.2. The number of aryl methyl sites for hydroxylation is 2. The maximum atomic E-state index is 9.27. The Hall–Kier alpha value is -1.61. The molecule has 1 aromatic heterocycles. The Morgan fingerprint density at radius 2 is 2.11 bits per heavy atom. The lowest BCUT2D eigenvalue weighted by Gasteiger charge is -2.11. The fraction of sp³-hybridized carbons (Fsp3) is 0.200. The minimum atomic E-state index is 0.625. The van der Waals surface area contributed by atoms with Crippen LogP contribution in [0.4, 0.5) is 11.5 Å². The summed E-state index contributed by atoms with van der Waals surface area (Å²) in [6.45, 7) is 0. The SMILES string of the molecule is N#Cc1cc2c(nc1Nc1ccccc1I)CCC2. The Kier molecular flexibility index (Phi) is 3.38. The zero-order chi connectivity index (χ0) is 13.2. The maximum Gasteiger partial charge on any atom is 0.148 e. The Bertz CT molecular complexity index is 674. The van der Waals surface area contributed by atoms with Crippen molar-refractivity contribution in [1.29, 1.82) is 5.26 Å². The molecule has 0 fully saturated rings. The van der Waals surface area contributed by atoms with E-state index in [1.807, 2.05) is 30.3 Å².